The molecule has 4 N–H and O–H groups in total. The number of aliphatic hydroxyl groups is 1. The molecule has 1 heterocycles. The fourth-order valence-corrected chi connectivity index (χ4v) is 5.05. The van der Waals surface area contributed by atoms with E-state index < -0.39 is 12.2 Å². The maximum absolute atomic E-state index is 12.1. The topological polar surface area (TPSA) is 120 Å². The van der Waals surface area contributed by atoms with Crippen LogP contribution >= 0.6 is 0 Å². The van der Waals surface area contributed by atoms with Gasteiger partial charge >= 0.3 is 0 Å². The minimum absolute atomic E-state index is 0.00396. The van der Waals surface area contributed by atoms with Gasteiger partial charge in [-0.25, -0.2) is 5.48 Å². The van der Waals surface area contributed by atoms with Gasteiger partial charge in [0.25, 0.3) is 0 Å². The summed E-state index contributed by atoms with van der Waals surface area (Å²) >= 11 is 0. The molecule has 3 aromatic carbocycles. The van der Waals surface area contributed by atoms with E-state index >= 15 is 0 Å². The van der Waals surface area contributed by atoms with Crippen molar-refractivity contribution in [1.29, 1.82) is 0 Å². The maximum atomic E-state index is 12.1. The van der Waals surface area contributed by atoms with Crippen LogP contribution in [-0.2, 0) is 32.2 Å². The van der Waals surface area contributed by atoms with Crippen LogP contribution in [0.25, 0.3) is 0 Å². The average molecular weight is 576 g/mol. The standard InChI is InChI=1S/C33H41N3O6/c1-23(26-7-4-3-5-8-26)36(2)21-29-19-30(27-15-13-25(22-37)14-16-27)42-33(41-29)28-17-11-24(12-18-28)20-34-31(38)9-6-10-32(39)35-40/h3-5,7-8,11-18,23,29-30,33,37,40H,6,9-10,19-22H2,1-2H3,(H,34,38)(H,35,39)/t23-,29+,30-,33-/m0/s1. The molecule has 0 bridgehead atoms. The molecule has 9 nitrogen and oxygen atoms in total. The van der Waals surface area contributed by atoms with Crippen molar-refractivity contribution in [3.8, 4) is 0 Å². The van der Waals surface area contributed by atoms with Gasteiger partial charge in [0.1, 0.15) is 0 Å². The summed E-state index contributed by atoms with van der Waals surface area (Å²) in [5.74, 6) is -0.662. The highest BCUT2D eigenvalue weighted by Crippen LogP contribution is 2.38. The SMILES string of the molecule is C[C@@H](c1ccccc1)N(C)C[C@H]1C[C@@H](c2ccc(CO)cc2)O[C@@H](c2ccc(CNC(=O)CCCC(=O)NO)cc2)O1. The lowest BCUT2D eigenvalue weighted by Gasteiger charge is -2.39. The second kappa shape index (κ2) is 15.6. The molecular weight excluding hydrogens is 534 g/mol. The van der Waals surface area contributed by atoms with Crippen molar-refractivity contribution in [2.45, 2.75) is 70.3 Å². The Labute approximate surface area is 247 Å². The molecule has 1 fully saturated rings. The number of benzene rings is 3. The highest BCUT2D eigenvalue weighted by atomic mass is 16.7. The molecule has 1 saturated heterocycles. The molecule has 4 atom stereocenters. The van der Waals surface area contributed by atoms with E-state index in [1.54, 1.807) is 5.48 Å². The zero-order chi connectivity index (χ0) is 29.9. The summed E-state index contributed by atoms with van der Waals surface area (Å²) in [6.45, 7) is 3.28. The summed E-state index contributed by atoms with van der Waals surface area (Å²) in [5, 5.41) is 20.9. The number of amides is 2. The summed E-state index contributed by atoms with van der Waals surface area (Å²) in [5.41, 5.74) is 6.53. The fraction of sp³-hybridized carbons (Fsp3) is 0.394. The molecule has 4 rings (SSSR count). The number of carbonyl (C=O) groups is 2. The van der Waals surface area contributed by atoms with Gasteiger partial charge in [-0.3, -0.25) is 19.7 Å². The van der Waals surface area contributed by atoms with Crippen LogP contribution in [0.3, 0.4) is 0 Å². The van der Waals surface area contributed by atoms with Gasteiger partial charge in [-0.1, -0.05) is 78.9 Å². The summed E-state index contributed by atoms with van der Waals surface area (Å²) in [4.78, 5) is 25.5. The molecule has 42 heavy (non-hydrogen) atoms. The van der Waals surface area contributed by atoms with E-state index in [0.29, 0.717) is 19.4 Å². The molecule has 224 valence electrons. The number of nitrogens with one attached hydrogen (secondary N) is 2. The first-order valence-corrected chi connectivity index (χ1v) is 14.4. The number of nitrogens with zero attached hydrogens (tertiary/aromatic N) is 1. The molecule has 0 spiro atoms. The lowest BCUT2D eigenvalue weighted by atomic mass is 9.99. The van der Waals surface area contributed by atoms with Gasteiger partial charge in [0, 0.05) is 44.0 Å². The minimum Gasteiger partial charge on any atom is -0.392 e. The monoisotopic (exact) mass is 575 g/mol. The molecule has 0 saturated carbocycles. The smallest absolute Gasteiger partial charge is 0.243 e. The summed E-state index contributed by atoms with van der Waals surface area (Å²) in [6.07, 6.45) is 0.544. The van der Waals surface area contributed by atoms with E-state index in [9.17, 15) is 14.7 Å². The first-order chi connectivity index (χ1) is 20.4. The zero-order valence-electron chi connectivity index (χ0n) is 24.2. The van der Waals surface area contributed by atoms with Gasteiger partial charge in [-0.15, -0.1) is 0 Å². The van der Waals surface area contributed by atoms with Gasteiger partial charge in [0.05, 0.1) is 18.8 Å². The van der Waals surface area contributed by atoms with Crippen molar-refractivity contribution in [2.24, 2.45) is 0 Å². The number of likely N-dealkylation sites (N-methyl/N-ethyl adjacent to an activating group) is 1. The number of rotatable bonds is 13. The van der Waals surface area contributed by atoms with Crippen LogP contribution in [0.2, 0.25) is 0 Å². The van der Waals surface area contributed by atoms with Crippen molar-refractivity contribution >= 4 is 11.8 Å². The number of aliphatic hydroxyl groups excluding tert-OH is 1. The predicted octanol–water partition coefficient (Wildman–Crippen LogP) is 4.71. The summed E-state index contributed by atoms with van der Waals surface area (Å²) < 4.78 is 13.0. The molecule has 9 heteroatoms. The zero-order valence-corrected chi connectivity index (χ0v) is 24.2. The van der Waals surface area contributed by atoms with Crippen LogP contribution in [0.5, 0.6) is 0 Å². The Bertz CT molecular complexity index is 1270. The normalized spacial score (nSPS) is 19.3. The Morgan fingerprint density at radius 2 is 1.55 bits per heavy atom. The third-order valence-electron chi connectivity index (χ3n) is 7.72. The Hall–Kier alpha value is -3.60. The number of hydrogen-bond acceptors (Lipinski definition) is 7. The molecule has 0 radical (unpaired) electrons. The Balaban J connectivity index is 1.41. The largest absolute Gasteiger partial charge is 0.392 e. The molecule has 0 aromatic heterocycles. The number of ether oxygens (including phenoxy) is 2. The third-order valence-corrected chi connectivity index (χ3v) is 7.72. The average Bonchev–Trinajstić information content (AvgIpc) is 3.03. The molecule has 0 aliphatic carbocycles. The van der Waals surface area contributed by atoms with Gasteiger partial charge in [0.15, 0.2) is 6.29 Å². The third kappa shape index (κ3) is 8.95. The Kier molecular flexibility index (Phi) is 11.6. The quantitative estimate of drug-likeness (QED) is 0.172. The molecule has 1 aliphatic rings. The van der Waals surface area contributed by atoms with Gasteiger partial charge in [-0.05, 0) is 42.6 Å². The lowest BCUT2D eigenvalue weighted by Crippen LogP contribution is -2.38. The van der Waals surface area contributed by atoms with Gasteiger partial charge in [-0.2, -0.15) is 0 Å². The van der Waals surface area contributed by atoms with E-state index in [4.69, 9.17) is 14.7 Å². The molecule has 1 aliphatic heterocycles. The van der Waals surface area contributed by atoms with E-state index in [1.165, 1.54) is 5.56 Å². The fourth-order valence-electron chi connectivity index (χ4n) is 5.05. The Morgan fingerprint density at radius 3 is 2.21 bits per heavy atom. The molecular formula is C33H41N3O6. The lowest BCUT2D eigenvalue weighted by molar-refractivity contribution is -0.253. The van der Waals surface area contributed by atoms with Crippen molar-refractivity contribution in [3.63, 3.8) is 0 Å². The van der Waals surface area contributed by atoms with Crippen LogP contribution in [0, 0.1) is 0 Å². The van der Waals surface area contributed by atoms with E-state index in [2.05, 4.69) is 48.5 Å². The maximum Gasteiger partial charge on any atom is 0.243 e. The molecule has 0 unspecified atom stereocenters. The van der Waals surface area contributed by atoms with Crippen molar-refractivity contribution in [2.75, 3.05) is 13.6 Å². The summed E-state index contributed by atoms with van der Waals surface area (Å²) in [7, 11) is 2.11. The van der Waals surface area contributed by atoms with Crippen molar-refractivity contribution in [3.05, 3.63) is 107 Å². The summed E-state index contributed by atoms with van der Waals surface area (Å²) in [6, 6.07) is 26.3. The van der Waals surface area contributed by atoms with E-state index in [1.807, 2.05) is 54.6 Å². The van der Waals surface area contributed by atoms with Crippen LogP contribution in [0.15, 0.2) is 78.9 Å². The van der Waals surface area contributed by atoms with Crippen LogP contribution < -0.4 is 10.8 Å². The highest BCUT2D eigenvalue weighted by Gasteiger charge is 2.33. The highest BCUT2D eigenvalue weighted by molar-refractivity contribution is 5.78. The van der Waals surface area contributed by atoms with Crippen LogP contribution in [0.4, 0.5) is 0 Å². The first-order valence-electron chi connectivity index (χ1n) is 14.4. The van der Waals surface area contributed by atoms with Crippen LogP contribution in [-0.4, -0.2) is 46.7 Å². The number of hydrogen-bond donors (Lipinski definition) is 4. The predicted molar refractivity (Wildman–Crippen MR) is 158 cm³/mol. The number of hydroxylamine groups is 1. The Morgan fingerprint density at radius 1 is 0.905 bits per heavy atom. The van der Waals surface area contributed by atoms with E-state index in [-0.39, 0.29) is 43.6 Å². The van der Waals surface area contributed by atoms with Gasteiger partial charge < -0.3 is 19.9 Å². The minimum atomic E-state index is -0.562. The second-order valence-corrected chi connectivity index (χ2v) is 10.8. The first kappa shape index (κ1) is 31.3. The van der Waals surface area contributed by atoms with Gasteiger partial charge in [0.2, 0.25) is 11.8 Å². The van der Waals surface area contributed by atoms with E-state index in [0.717, 1.165) is 28.8 Å². The number of carbonyl (C=O) groups excluding carboxylic acids is 2. The van der Waals surface area contributed by atoms with Crippen molar-refractivity contribution in [1.82, 2.24) is 15.7 Å². The van der Waals surface area contributed by atoms with Crippen molar-refractivity contribution < 1.29 is 29.4 Å². The molecule has 2 amide bonds. The second-order valence-electron chi connectivity index (χ2n) is 10.8. The van der Waals surface area contributed by atoms with Crippen LogP contribution in [0.1, 0.15) is 78.9 Å². The molecule has 3 aromatic rings.